The van der Waals surface area contributed by atoms with Crippen molar-refractivity contribution in [2.75, 3.05) is 19.3 Å². The summed E-state index contributed by atoms with van der Waals surface area (Å²) in [5.74, 6) is 0.952. The highest BCUT2D eigenvalue weighted by Crippen LogP contribution is 2.34. The Bertz CT molecular complexity index is 347. The van der Waals surface area contributed by atoms with Gasteiger partial charge in [0.1, 0.15) is 5.75 Å². The summed E-state index contributed by atoms with van der Waals surface area (Å²) < 4.78 is 0. The highest BCUT2D eigenvalue weighted by atomic mass is 32.2. The van der Waals surface area contributed by atoms with Gasteiger partial charge in [0.25, 0.3) is 0 Å². The molecule has 0 aliphatic carbocycles. The highest BCUT2D eigenvalue weighted by molar-refractivity contribution is 7.98. The predicted molar refractivity (Wildman–Crippen MR) is 60.2 cm³/mol. The first-order valence-corrected chi connectivity index (χ1v) is 6.03. The van der Waals surface area contributed by atoms with Crippen molar-refractivity contribution in [3.63, 3.8) is 0 Å². The summed E-state index contributed by atoms with van der Waals surface area (Å²) in [5.41, 5.74) is 2.25. The maximum Gasteiger partial charge on any atom is 0.119 e. The summed E-state index contributed by atoms with van der Waals surface area (Å²) in [6.45, 7) is 4.02. The molecule has 0 saturated carbocycles. The number of thioether (sulfide) groups is 1. The molecule has 0 unspecified atom stereocenters. The minimum atomic E-state index is 0.451. The average Bonchev–Trinajstić information content (AvgIpc) is 2.06. The fraction of sp³-hybridized carbons (Fsp3) is 0.455. The van der Waals surface area contributed by atoms with E-state index in [2.05, 4.69) is 17.6 Å². The van der Waals surface area contributed by atoms with Gasteiger partial charge in [-0.15, -0.1) is 11.8 Å². The Kier molecular flexibility index (Phi) is 2.70. The summed E-state index contributed by atoms with van der Waals surface area (Å²) in [7, 11) is 0. The Morgan fingerprint density at radius 1 is 1.43 bits per heavy atom. The maximum atomic E-state index is 9.81. The molecular weight excluding hydrogens is 194 g/mol. The van der Waals surface area contributed by atoms with Crippen LogP contribution in [0.1, 0.15) is 17.0 Å². The molecule has 2 N–H and O–H groups in total. The van der Waals surface area contributed by atoms with Gasteiger partial charge in [-0.3, -0.25) is 0 Å². The highest BCUT2D eigenvalue weighted by Gasteiger charge is 2.22. The summed E-state index contributed by atoms with van der Waals surface area (Å²) in [5, 5.41) is 13.0. The van der Waals surface area contributed by atoms with E-state index < -0.39 is 0 Å². The number of phenolic OH excluding ortho intramolecular Hbond substituents is 1. The van der Waals surface area contributed by atoms with Crippen LogP contribution in [0.3, 0.4) is 0 Å². The molecule has 1 heterocycles. The lowest BCUT2D eigenvalue weighted by Crippen LogP contribution is -2.39. The Labute approximate surface area is 88.7 Å². The molecule has 0 atom stereocenters. The molecular formula is C11H15NOS. The number of phenols is 1. The molecule has 2 nitrogen and oxygen atoms in total. The molecule has 0 aromatic heterocycles. The fourth-order valence-corrected chi connectivity index (χ4v) is 2.37. The molecule has 1 aliphatic rings. The Morgan fingerprint density at radius 2 is 2.14 bits per heavy atom. The van der Waals surface area contributed by atoms with Crippen LogP contribution in [0.2, 0.25) is 0 Å². The van der Waals surface area contributed by atoms with Crippen molar-refractivity contribution in [3.05, 3.63) is 23.3 Å². The van der Waals surface area contributed by atoms with Gasteiger partial charge in [-0.2, -0.15) is 0 Å². The molecule has 3 heteroatoms. The molecule has 1 aliphatic heterocycles. The van der Waals surface area contributed by atoms with Crippen LogP contribution in [-0.2, 0) is 0 Å². The summed E-state index contributed by atoms with van der Waals surface area (Å²) >= 11 is 1.74. The van der Waals surface area contributed by atoms with Crippen molar-refractivity contribution >= 4 is 11.8 Å². The topological polar surface area (TPSA) is 32.3 Å². The molecule has 1 fully saturated rings. The lowest BCUT2D eigenvalue weighted by Gasteiger charge is -2.28. The smallest absolute Gasteiger partial charge is 0.119 e. The summed E-state index contributed by atoms with van der Waals surface area (Å²) in [4.78, 5) is 1.27. The number of hydrogen-bond acceptors (Lipinski definition) is 3. The Balaban J connectivity index is 2.38. The molecule has 1 aromatic rings. The molecule has 0 amide bonds. The van der Waals surface area contributed by atoms with Gasteiger partial charge in [-0.25, -0.2) is 0 Å². The SMILES string of the molecule is CSc1cc(C2CNC2)c(O)cc1C. The zero-order valence-corrected chi connectivity index (χ0v) is 9.32. The second-order valence-corrected chi connectivity index (χ2v) is 4.58. The van der Waals surface area contributed by atoms with Gasteiger partial charge in [-0.1, -0.05) is 0 Å². The van der Waals surface area contributed by atoms with E-state index in [9.17, 15) is 5.11 Å². The molecule has 76 valence electrons. The maximum absolute atomic E-state index is 9.81. The fourth-order valence-electron chi connectivity index (χ4n) is 1.74. The second kappa shape index (κ2) is 3.83. The zero-order chi connectivity index (χ0) is 10.1. The van der Waals surface area contributed by atoms with E-state index in [0.29, 0.717) is 11.7 Å². The van der Waals surface area contributed by atoms with Crippen LogP contribution in [-0.4, -0.2) is 24.5 Å². The molecule has 0 bridgehead atoms. The van der Waals surface area contributed by atoms with Crippen molar-refractivity contribution in [1.82, 2.24) is 5.32 Å². The van der Waals surface area contributed by atoms with Gasteiger partial charge in [0.15, 0.2) is 0 Å². The third-order valence-electron chi connectivity index (χ3n) is 2.77. The molecule has 1 saturated heterocycles. The van der Waals surface area contributed by atoms with Crippen molar-refractivity contribution in [1.29, 1.82) is 0 Å². The molecule has 14 heavy (non-hydrogen) atoms. The van der Waals surface area contributed by atoms with E-state index in [1.54, 1.807) is 11.8 Å². The molecule has 0 radical (unpaired) electrons. The minimum absolute atomic E-state index is 0.451. The third-order valence-corrected chi connectivity index (χ3v) is 3.65. The average molecular weight is 209 g/mol. The zero-order valence-electron chi connectivity index (χ0n) is 8.50. The number of aryl methyl sites for hydroxylation is 1. The first-order chi connectivity index (χ1) is 6.72. The van der Waals surface area contributed by atoms with Gasteiger partial charge in [-0.05, 0) is 30.9 Å². The second-order valence-electron chi connectivity index (χ2n) is 3.74. The van der Waals surface area contributed by atoms with E-state index in [1.165, 1.54) is 4.90 Å². The van der Waals surface area contributed by atoms with E-state index in [4.69, 9.17) is 0 Å². The van der Waals surface area contributed by atoms with Crippen LogP contribution in [0.5, 0.6) is 5.75 Å². The normalized spacial score (nSPS) is 16.7. The molecule has 2 rings (SSSR count). The van der Waals surface area contributed by atoms with Crippen LogP contribution in [0, 0.1) is 6.92 Å². The first kappa shape index (κ1) is 9.87. The van der Waals surface area contributed by atoms with E-state index in [0.717, 1.165) is 24.2 Å². The van der Waals surface area contributed by atoms with Crippen molar-refractivity contribution in [3.8, 4) is 5.75 Å². The van der Waals surface area contributed by atoms with Crippen LogP contribution < -0.4 is 5.32 Å². The molecule has 1 aromatic carbocycles. The third kappa shape index (κ3) is 1.62. The van der Waals surface area contributed by atoms with E-state index >= 15 is 0 Å². The van der Waals surface area contributed by atoms with Crippen molar-refractivity contribution in [2.45, 2.75) is 17.7 Å². The quantitative estimate of drug-likeness (QED) is 0.732. The van der Waals surface area contributed by atoms with Gasteiger partial charge < -0.3 is 10.4 Å². The standard InChI is InChI=1S/C11H15NOS/c1-7-3-10(13)9(4-11(7)14-2)8-5-12-6-8/h3-4,8,12-13H,5-6H2,1-2H3. The lowest BCUT2D eigenvalue weighted by molar-refractivity contribution is 0.412. The number of benzene rings is 1. The first-order valence-electron chi connectivity index (χ1n) is 4.80. The van der Waals surface area contributed by atoms with Crippen LogP contribution in [0.4, 0.5) is 0 Å². The van der Waals surface area contributed by atoms with Gasteiger partial charge >= 0.3 is 0 Å². The summed E-state index contributed by atoms with van der Waals surface area (Å²) in [6, 6.07) is 4.00. The van der Waals surface area contributed by atoms with Crippen LogP contribution in [0.15, 0.2) is 17.0 Å². The van der Waals surface area contributed by atoms with Gasteiger partial charge in [0.05, 0.1) is 0 Å². The van der Waals surface area contributed by atoms with Crippen LogP contribution in [0.25, 0.3) is 0 Å². The summed E-state index contributed by atoms with van der Waals surface area (Å²) in [6.07, 6.45) is 2.07. The number of aromatic hydroxyl groups is 1. The van der Waals surface area contributed by atoms with E-state index in [-0.39, 0.29) is 0 Å². The van der Waals surface area contributed by atoms with Gasteiger partial charge in [0.2, 0.25) is 0 Å². The predicted octanol–water partition coefficient (Wildman–Crippen LogP) is 2.11. The Hall–Kier alpha value is -0.670. The lowest BCUT2D eigenvalue weighted by atomic mass is 9.92. The van der Waals surface area contributed by atoms with Crippen molar-refractivity contribution in [2.24, 2.45) is 0 Å². The minimum Gasteiger partial charge on any atom is -0.508 e. The largest absolute Gasteiger partial charge is 0.508 e. The number of nitrogens with one attached hydrogen (secondary N) is 1. The Morgan fingerprint density at radius 3 is 2.64 bits per heavy atom. The molecule has 0 spiro atoms. The van der Waals surface area contributed by atoms with E-state index in [1.807, 2.05) is 13.0 Å². The monoisotopic (exact) mass is 209 g/mol. The van der Waals surface area contributed by atoms with Crippen molar-refractivity contribution < 1.29 is 5.11 Å². The van der Waals surface area contributed by atoms with Gasteiger partial charge in [0, 0.05) is 29.5 Å². The number of hydrogen-bond donors (Lipinski definition) is 2. The number of rotatable bonds is 2. The van der Waals surface area contributed by atoms with Crippen LogP contribution >= 0.6 is 11.8 Å².